The molecule has 2 rings (SSSR count). The normalized spacial score (nSPS) is 20.5. The van der Waals surface area contributed by atoms with Crippen molar-refractivity contribution in [2.45, 2.75) is 44.7 Å². The standard InChI is InChI=1S/C12H17NO2S/c1-12(2,11(14)15)13-9-4-3-5-10-8(9)6-7-16-10/h6-7,9,13H,3-5H2,1-2H3,(H,14,15). The predicted molar refractivity (Wildman–Crippen MR) is 64.8 cm³/mol. The summed E-state index contributed by atoms with van der Waals surface area (Å²) in [4.78, 5) is 12.5. The Kier molecular flexibility index (Phi) is 3.04. The maximum atomic E-state index is 11.1. The summed E-state index contributed by atoms with van der Waals surface area (Å²) in [6.07, 6.45) is 3.31. The van der Waals surface area contributed by atoms with Gasteiger partial charge in [-0.1, -0.05) is 0 Å². The summed E-state index contributed by atoms with van der Waals surface area (Å²) < 4.78 is 0. The van der Waals surface area contributed by atoms with Crippen LogP contribution in [0.3, 0.4) is 0 Å². The molecule has 4 heteroatoms. The molecule has 0 radical (unpaired) electrons. The summed E-state index contributed by atoms with van der Waals surface area (Å²) in [5, 5.41) is 14.5. The van der Waals surface area contributed by atoms with E-state index in [1.54, 1.807) is 25.2 Å². The number of carboxylic acid groups (broad SMARTS) is 1. The van der Waals surface area contributed by atoms with Crippen molar-refractivity contribution in [3.63, 3.8) is 0 Å². The van der Waals surface area contributed by atoms with Gasteiger partial charge in [0.25, 0.3) is 0 Å². The van der Waals surface area contributed by atoms with Crippen LogP contribution in [-0.2, 0) is 11.2 Å². The lowest BCUT2D eigenvalue weighted by atomic mass is 9.91. The zero-order valence-corrected chi connectivity index (χ0v) is 10.4. The monoisotopic (exact) mass is 239 g/mol. The van der Waals surface area contributed by atoms with E-state index < -0.39 is 11.5 Å². The van der Waals surface area contributed by atoms with E-state index in [1.165, 1.54) is 10.4 Å². The SMILES string of the molecule is CC(C)(NC1CCCc2sccc21)C(=O)O. The minimum absolute atomic E-state index is 0.195. The molecule has 1 aliphatic rings. The average Bonchev–Trinajstić information content (AvgIpc) is 2.65. The molecular weight excluding hydrogens is 222 g/mol. The Bertz CT molecular complexity index is 397. The molecule has 0 spiro atoms. The number of nitrogens with one attached hydrogen (secondary N) is 1. The average molecular weight is 239 g/mol. The molecule has 1 aromatic rings. The number of thiophene rings is 1. The van der Waals surface area contributed by atoms with Gasteiger partial charge in [-0.3, -0.25) is 10.1 Å². The third-order valence-electron chi connectivity index (χ3n) is 3.12. The number of carboxylic acids is 1. The first kappa shape index (κ1) is 11.6. The third-order valence-corrected chi connectivity index (χ3v) is 4.12. The molecule has 0 aromatic carbocycles. The molecule has 0 amide bonds. The Morgan fingerprint density at radius 1 is 1.62 bits per heavy atom. The van der Waals surface area contributed by atoms with Crippen LogP contribution in [0.4, 0.5) is 0 Å². The van der Waals surface area contributed by atoms with E-state index >= 15 is 0 Å². The quantitative estimate of drug-likeness (QED) is 0.852. The van der Waals surface area contributed by atoms with Crippen LogP contribution in [0.25, 0.3) is 0 Å². The molecule has 0 saturated carbocycles. The second-order valence-electron chi connectivity index (χ2n) is 4.82. The molecule has 1 atom stereocenters. The van der Waals surface area contributed by atoms with Crippen LogP contribution in [0, 0.1) is 0 Å². The molecule has 1 aromatic heterocycles. The molecule has 0 fully saturated rings. The Morgan fingerprint density at radius 2 is 2.38 bits per heavy atom. The molecule has 16 heavy (non-hydrogen) atoms. The van der Waals surface area contributed by atoms with E-state index in [0.717, 1.165) is 19.3 Å². The Morgan fingerprint density at radius 3 is 3.06 bits per heavy atom. The molecule has 88 valence electrons. The van der Waals surface area contributed by atoms with Crippen molar-refractivity contribution in [2.24, 2.45) is 0 Å². The van der Waals surface area contributed by atoms with Gasteiger partial charge in [0.1, 0.15) is 5.54 Å². The van der Waals surface area contributed by atoms with Crippen LogP contribution in [-0.4, -0.2) is 16.6 Å². The van der Waals surface area contributed by atoms with Gasteiger partial charge in [0.2, 0.25) is 0 Å². The van der Waals surface area contributed by atoms with E-state index in [1.807, 2.05) is 0 Å². The minimum Gasteiger partial charge on any atom is -0.480 e. The van der Waals surface area contributed by atoms with E-state index in [2.05, 4.69) is 16.8 Å². The largest absolute Gasteiger partial charge is 0.480 e. The number of aryl methyl sites for hydroxylation is 1. The summed E-state index contributed by atoms with van der Waals surface area (Å²) in [5.74, 6) is -0.796. The lowest BCUT2D eigenvalue weighted by Crippen LogP contribution is -2.48. The summed E-state index contributed by atoms with van der Waals surface area (Å²) in [7, 11) is 0. The molecule has 0 saturated heterocycles. The highest BCUT2D eigenvalue weighted by atomic mass is 32.1. The topological polar surface area (TPSA) is 49.3 Å². The smallest absolute Gasteiger partial charge is 0.323 e. The number of fused-ring (bicyclic) bond motifs is 1. The Balaban J connectivity index is 2.17. The van der Waals surface area contributed by atoms with E-state index in [9.17, 15) is 4.79 Å². The van der Waals surface area contributed by atoms with Crippen molar-refractivity contribution < 1.29 is 9.90 Å². The molecule has 2 N–H and O–H groups in total. The van der Waals surface area contributed by atoms with Crippen molar-refractivity contribution in [1.82, 2.24) is 5.32 Å². The fraction of sp³-hybridized carbons (Fsp3) is 0.583. The summed E-state index contributed by atoms with van der Waals surface area (Å²) >= 11 is 1.78. The van der Waals surface area contributed by atoms with Gasteiger partial charge in [0.15, 0.2) is 0 Å². The van der Waals surface area contributed by atoms with Gasteiger partial charge in [0, 0.05) is 10.9 Å². The lowest BCUT2D eigenvalue weighted by Gasteiger charge is -2.31. The predicted octanol–water partition coefficient (Wildman–Crippen LogP) is 2.58. The number of hydrogen-bond acceptors (Lipinski definition) is 3. The molecule has 1 unspecified atom stereocenters. The maximum absolute atomic E-state index is 11.1. The maximum Gasteiger partial charge on any atom is 0.323 e. The number of carbonyl (C=O) groups is 1. The molecule has 1 heterocycles. The Hall–Kier alpha value is -0.870. The molecule has 1 aliphatic carbocycles. The van der Waals surface area contributed by atoms with Crippen LogP contribution < -0.4 is 5.32 Å². The van der Waals surface area contributed by atoms with Gasteiger partial charge in [0.05, 0.1) is 0 Å². The Labute approximate surface area is 99.5 Å². The van der Waals surface area contributed by atoms with Crippen molar-refractivity contribution in [3.05, 3.63) is 21.9 Å². The van der Waals surface area contributed by atoms with Gasteiger partial charge >= 0.3 is 5.97 Å². The van der Waals surface area contributed by atoms with Gasteiger partial charge in [-0.15, -0.1) is 11.3 Å². The first-order chi connectivity index (χ1) is 7.50. The summed E-state index contributed by atoms with van der Waals surface area (Å²) in [5.41, 5.74) is 0.437. The van der Waals surface area contributed by atoms with Crippen LogP contribution in [0.5, 0.6) is 0 Å². The molecule has 0 bridgehead atoms. The second kappa shape index (κ2) is 4.18. The second-order valence-corrected chi connectivity index (χ2v) is 5.82. The van der Waals surface area contributed by atoms with Crippen molar-refractivity contribution in [1.29, 1.82) is 0 Å². The zero-order valence-electron chi connectivity index (χ0n) is 9.62. The van der Waals surface area contributed by atoms with Crippen LogP contribution in [0.15, 0.2) is 11.4 Å². The highest BCUT2D eigenvalue weighted by Gasteiger charge is 2.32. The number of aliphatic carboxylic acids is 1. The lowest BCUT2D eigenvalue weighted by molar-refractivity contribution is -0.143. The highest BCUT2D eigenvalue weighted by Crippen LogP contribution is 2.34. The third kappa shape index (κ3) is 2.13. The van der Waals surface area contributed by atoms with Gasteiger partial charge in [-0.2, -0.15) is 0 Å². The van der Waals surface area contributed by atoms with Crippen LogP contribution >= 0.6 is 11.3 Å². The van der Waals surface area contributed by atoms with E-state index in [4.69, 9.17) is 5.11 Å². The zero-order chi connectivity index (χ0) is 11.8. The van der Waals surface area contributed by atoms with Crippen molar-refractivity contribution >= 4 is 17.3 Å². The first-order valence-electron chi connectivity index (χ1n) is 5.58. The fourth-order valence-electron chi connectivity index (χ4n) is 2.13. The summed E-state index contributed by atoms with van der Waals surface area (Å²) in [6.45, 7) is 3.44. The molecule has 3 nitrogen and oxygen atoms in total. The number of rotatable bonds is 3. The van der Waals surface area contributed by atoms with Crippen molar-refractivity contribution in [2.75, 3.05) is 0 Å². The van der Waals surface area contributed by atoms with Crippen LogP contribution in [0.1, 0.15) is 43.2 Å². The fourth-order valence-corrected chi connectivity index (χ4v) is 3.12. The van der Waals surface area contributed by atoms with Gasteiger partial charge in [-0.05, 0) is 50.1 Å². The van der Waals surface area contributed by atoms with E-state index in [-0.39, 0.29) is 6.04 Å². The van der Waals surface area contributed by atoms with E-state index in [0.29, 0.717) is 0 Å². The number of hydrogen-bond donors (Lipinski definition) is 2. The van der Waals surface area contributed by atoms with Crippen molar-refractivity contribution in [3.8, 4) is 0 Å². The molecule has 0 aliphatic heterocycles. The first-order valence-corrected chi connectivity index (χ1v) is 6.46. The molecular formula is C12H17NO2S. The minimum atomic E-state index is -0.860. The van der Waals surface area contributed by atoms with Gasteiger partial charge < -0.3 is 5.11 Å². The van der Waals surface area contributed by atoms with Crippen LogP contribution in [0.2, 0.25) is 0 Å². The summed E-state index contributed by atoms with van der Waals surface area (Å²) in [6, 6.07) is 2.32. The highest BCUT2D eigenvalue weighted by molar-refractivity contribution is 7.10. The van der Waals surface area contributed by atoms with Gasteiger partial charge in [-0.25, -0.2) is 0 Å².